The van der Waals surface area contributed by atoms with Crippen LogP contribution in [0.5, 0.6) is 0 Å². The van der Waals surface area contributed by atoms with Crippen LogP contribution >= 0.6 is 11.6 Å². The first kappa shape index (κ1) is 14.0. The first-order chi connectivity index (χ1) is 10.1. The highest BCUT2D eigenvalue weighted by Crippen LogP contribution is 2.26. The third-order valence-corrected chi connectivity index (χ3v) is 3.76. The van der Waals surface area contributed by atoms with E-state index in [9.17, 15) is 4.39 Å². The van der Waals surface area contributed by atoms with Crippen LogP contribution in [-0.2, 0) is 6.54 Å². The number of hydrogen-bond acceptors (Lipinski definition) is 2. The molecule has 5 heteroatoms. The highest BCUT2D eigenvalue weighted by molar-refractivity contribution is 6.20. The average Bonchev–Trinajstić information content (AvgIpc) is 2.79. The molecule has 1 aromatic carbocycles. The molecule has 3 aromatic rings. The number of aromatic nitrogens is 3. The van der Waals surface area contributed by atoms with E-state index in [1.165, 1.54) is 12.1 Å². The third kappa shape index (κ3) is 2.63. The van der Waals surface area contributed by atoms with Crippen molar-refractivity contribution in [2.75, 3.05) is 0 Å². The van der Waals surface area contributed by atoms with E-state index >= 15 is 0 Å². The SMILES string of the molecule is Cc1cnccc1Cn1c(C(C)Cl)nc2cc(F)ccc21. The summed E-state index contributed by atoms with van der Waals surface area (Å²) in [4.78, 5) is 8.58. The average molecular weight is 304 g/mol. The maximum absolute atomic E-state index is 13.4. The first-order valence-corrected chi connectivity index (χ1v) is 7.19. The summed E-state index contributed by atoms with van der Waals surface area (Å²) in [5, 5.41) is -0.248. The zero-order valence-corrected chi connectivity index (χ0v) is 12.6. The number of imidazole rings is 1. The monoisotopic (exact) mass is 303 g/mol. The Morgan fingerprint density at radius 2 is 2.14 bits per heavy atom. The van der Waals surface area contributed by atoms with Crippen molar-refractivity contribution in [3.63, 3.8) is 0 Å². The Kier molecular flexibility index (Phi) is 3.64. The Morgan fingerprint density at radius 1 is 1.33 bits per heavy atom. The molecule has 0 saturated heterocycles. The van der Waals surface area contributed by atoms with Gasteiger partial charge in [0.2, 0.25) is 0 Å². The summed E-state index contributed by atoms with van der Waals surface area (Å²) in [5.74, 6) is 0.453. The maximum Gasteiger partial charge on any atom is 0.128 e. The van der Waals surface area contributed by atoms with Gasteiger partial charge in [-0.05, 0) is 43.2 Å². The lowest BCUT2D eigenvalue weighted by Crippen LogP contribution is -2.07. The Hall–Kier alpha value is -1.94. The van der Waals surface area contributed by atoms with Crippen LogP contribution in [0.4, 0.5) is 4.39 Å². The van der Waals surface area contributed by atoms with E-state index in [0.29, 0.717) is 12.1 Å². The first-order valence-electron chi connectivity index (χ1n) is 6.75. The molecule has 2 heterocycles. The van der Waals surface area contributed by atoms with Crippen molar-refractivity contribution >= 4 is 22.6 Å². The molecule has 0 spiro atoms. The van der Waals surface area contributed by atoms with E-state index in [-0.39, 0.29) is 11.2 Å². The molecule has 0 fully saturated rings. The Balaban J connectivity index is 2.16. The summed E-state index contributed by atoms with van der Waals surface area (Å²) in [5.41, 5.74) is 3.76. The van der Waals surface area contributed by atoms with E-state index in [2.05, 4.69) is 9.97 Å². The van der Waals surface area contributed by atoms with Crippen molar-refractivity contribution in [1.82, 2.24) is 14.5 Å². The number of fused-ring (bicyclic) bond motifs is 1. The van der Waals surface area contributed by atoms with Gasteiger partial charge in [-0.2, -0.15) is 0 Å². The topological polar surface area (TPSA) is 30.7 Å². The predicted molar refractivity (Wildman–Crippen MR) is 82.0 cm³/mol. The standard InChI is InChI=1S/C16H15ClFN3/c1-10-8-19-6-5-12(10)9-21-15-4-3-13(18)7-14(15)20-16(21)11(2)17/h3-8,11H,9H2,1-2H3. The molecule has 21 heavy (non-hydrogen) atoms. The summed E-state index contributed by atoms with van der Waals surface area (Å²) in [6.45, 7) is 4.53. The van der Waals surface area contributed by atoms with Gasteiger partial charge in [0, 0.05) is 25.0 Å². The molecule has 0 aliphatic carbocycles. The molecule has 2 aromatic heterocycles. The van der Waals surface area contributed by atoms with Crippen LogP contribution in [0, 0.1) is 12.7 Å². The molecule has 3 nitrogen and oxygen atoms in total. The van der Waals surface area contributed by atoms with Crippen LogP contribution in [0.15, 0.2) is 36.7 Å². The van der Waals surface area contributed by atoms with Gasteiger partial charge in [0.15, 0.2) is 0 Å². The van der Waals surface area contributed by atoms with Crippen molar-refractivity contribution < 1.29 is 4.39 Å². The van der Waals surface area contributed by atoms with Crippen molar-refractivity contribution in [3.05, 3.63) is 59.4 Å². The van der Waals surface area contributed by atoms with Crippen LogP contribution < -0.4 is 0 Å². The van der Waals surface area contributed by atoms with Gasteiger partial charge in [-0.15, -0.1) is 11.6 Å². The van der Waals surface area contributed by atoms with Gasteiger partial charge >= 0.3 is 0 Å². The molecular formula is C16H15ClFN3. The van der Waals surface area contributed by atoms with Crippen molar-refractivity contribution in [2.45, 2.75) is 25.8 Å². The number of benzene rings is 1. The van der Waals surface area contributed by atoms with Crippen LogP contribution in [-0.4, -0.2) is 14.5 Å². The Morgan fingerprint density at radius 3 is 2.86 bits per heavy atom. The number of halogens is 2. The number of rotatable bonds is 3. The Bertz CT molecular complexity index is 795. The highest BCUT2D eigenvalue weighted by atomic mass is 35.5. The summed E-state index contributed by atoms with van der Waals surface area (Å²) in [6.07, 6.45) is 3.60. The fourth-order valence-corrected chi connectivity index (χ4v) is 2.61. The van der Waals surface area contributed by atoms with Gasteiger partial charge in [0.05, 0.1) is 16.4 Å². The zero-order chi connectivity index (χ0) is 15.0. The number of alkyl halides is 1. The molecule has 0 bridgehead atoms. The molecule has 3 rings (SSSR count). The molecule has 108 valence electrons. The normalized spacial score (nSPS) is 12.8. The van der Waals surface area contributed by atoms with Gasteiger partial charge in [0.1, 0.15) is 11.6 Å². The lowest BCUT2D eigenvalue weighted by Gasteiger charge is -2.12. The fraction of sp³-hybridized carbons (Fsp3) is 0.250. The highest BCUT2D eigenvalue weighted by Gasteiger charge is 2.16. The number of aryl methyl sites for hydroxylation is 1. The lowest BCUT2D eigenvalue weighted by atomic mass is 10.1. The lowest BCUT2D eigenvalue weighted by molar-refractivity contribution is 0.629. The quantitative estimate of drug-likeness (QED) is 0.678. The molecular weight excluding hydrogens is 289 g/mol. The van der Waals surface area contributed by atoms with Crippen LogP contribution in [0.2, 0.25) is 0 Å². The fourth-order valence-electron chi connectivity index (χ4n) is 2.44. The molecule has 0 saturated carbocycles. The summed E-state index contributed by atoms with van der Waals surface area (Å²) >= 11 is 6.24. The molecule has 0 aliphatic heterocycles. The minimum atomic E-state index is -0.291. The minimum Gasteiger partial charge on any atom is -0.322 e. The minimum absolute atomic E-state index is 0.248. The smallest absolute Gasteiger partial charge is 0.128 e. The summed E-state index contributed by atoms with van der Waals surface area (Å²) in [7, 11) is 0. The number of hydrogen-bond donors (Lipinski definition) is 0. The van der Waals surface area contributed by atoms with Gasteiger partial charge in [0.25, 0.3) is 0 Å². The second-order valence-electron chi connectivity index (χ2n) is 5.11. The van der Waals surface area contributed by atoms with Crippen molar-refractivity contribution in [2.24, 2.45) is 0 Å². The van der Waals surface area contributed by atoms with Crippen LogP contribution in [0.1, 0.15) is 29.3 Å². The summed E-state index contributed by atoms with van der Waals surface area (Å²) < 4.78 is 15.4. The van der Waals surface area contributed by atoms with Crippen molar-refractivity contribution in [1.29, 1.82) is 0 Å². The molecule has 1 unspecified atom stereocenters. The molecule has 0 N–H and O–H groups in total. The second-order valence-corrected chi connectivity index (χ2v) is 5.76. The number of nitrogens with zero attached hydrogens (tertiary/aromatic N) is 3. The summed E-state index contributed by atoms with van der Waals surface area (Å²) in [6, 6.07) is 6.61. The van der Waals surface area contributed by atoms with E-state index < -0.39 is 0 Å². The third-order valence-electron chi connectivity index (χ3n) is 3.56. The van der Waals surface area contributed by atoms with E-state index in [4.69, 9.17) is 11.6 Å². The second kappa shape index (κ2) is 5.45. The number of pyridine rings is 1. The molecule has 0 aliphatic rings. The molecule has 0 amide bonds. The van der Waals surface area contributed by atoms with Gasteiger partial charge in [-0.3, -0.25) is 4.98 Å². The Labute approximate surface area is 127 Å². The van der Waals surface area contributed by atoms with Gasteiger partial charge in [-0.1, -0.05) is 0 Å². The van der Waals surface area contributed by atoms with E-state index in [0.717, 1.165) is 22.5 Å². The largest absolute Gasteiger partial charge is 0.322 e. The van der Waals surface area contributed by atoms with E-state index in [1.807, 2.05) is 30.7 Å². The van der Waals surface area contributed by atoms with Crippen LogP contribution in [0.25, 0.3) is 11.0 Å². The molecule has 0 radical (unpaired) electrons. The predicted octanol–water partition coefficient (Wildman–Crippen LogP) is 4.23. The van der Waals surface area contributed by atoms with Gasteiger partial charge in [-0.25, -0.2) is 9.37 Å². The van der Waals surface area contributed by atoms with Crippen LogP contribution in [0.3, 0.4) is 0 Å². The zero-order valence-electron chi connectivity index (χ0n) is 11.8. The molecule has 1 atom stereocenters. The van der Waals surface area contributed by atoms with Gasteiger partial charge < -0.3 is 4.57 Å². The van der Waals surface area contributed by atoms with Crippen molar-refractivity contribution in [3.8, 4) is 0 Å². The van der Waals surface area contributed by atoms with E-state index in [1.54, 1.807) is 12.3 Å². The maximum atomic E-state index is 13.4.